The first kappa shape index (κ1) is 11.4. The lowest BCUT2D eigenvalue weighted by molar-refractivity contribution is 0.269. The Hall–Kier alpha value is -2.65. The molecule has 3 heterocycles. The number of aliphatic hydroxyl groups excluding tert-OH is 1. The van der Waals surface area contributed by atoms with Gasteiger partial charge in [-0.1, -0.05) is 6.07 Å². The van der Waals surface area contributed by atoms with E-state index in [4.69, 9.17) is 10.4 Å². The van der Waals surface area contributed by atoms with Gasteiger partial charge in [0, 0.05) is 23.5 Å². The van der Waals surface area contributed by atoms with Gasteiger partial charge in [-0.15, -0.1) is 0 Å². The van der Waals surface area contributed by atoms with Crippen molar-refractivity contribution in [1.82, 2.24) is 19.4 Å². The molecule has 3 aromatic heterocycles. The Morgan fingerprint density at radius 1 is 1.16 bits per heavy atom. The number of nitrogens with zero attached hydrogens (tertiary/aromatic N) is 5. The number of hydrogen-bond acceptors (Lipinski definition) is 4. The summed E-state index contributed by atoms with van der Waals surface area (Å²) in [5.41, 5.74) is 3.25. The van der Waals surface area contributed by atoms with Gasteiger partial charge < -0.3 is 5.11 Å². The topological polar surface area (TPSA) is 79.1 Å². The second-order valence-electron chi connectivity index (χ2n) is 4.13. The molecule has 6 nitrogen and oxygen atoms in total. The van der Waals surface area contributed by atoms with Gasteiger partial charge in [0.25, 0.3) is 0 Å². The fourth-order valence-corrected chi connectivity index (χ4v) is 1.98. The molecule has 0 aliphatic heterocycles. The molecule has 0 amide bonds. The van der Waals surface area contributed by atoms with Crippen molar-refractivity contribution in [3.8, 4) is 17.2 Å². The van der Waals surface area contributed by atoms with E-state index in [2.05, 4.69) is 16.3 Å². The molecule has 0 unspecified atom stereocenters. The summed E-state index contributed by atoms with van der Waals surface area (Å²) in [4.78, 5) is 0. The number of aliphatic hydroxyl groups is 1. The van der Waals surface area contributed by atoms with Crippen molar-refractivity contribution in [1.29, 1.82) is 5.26 Å². The SMILES string of the molecule is N#Cc1cnn2cc(-c3cnn(CCO)c3)ccc12. The maximum atomic E-state index is 8.93. The Morgan fingerprint density at radius 3 is 2.84 bits per heavy atom. The van der Waals surface area contributed by atoms with E-state index in [9.17, 15) is 0 Å². The molecule has 0 saturated carbocycles. The van der Waals surface area contributed by atoms with Crippen LogP contribution in [0.25, 0.3) is 16.6 Å². The van der Waals surface area contributed by atoms with Crippen LogP contribution in [0.2, 0.25) is 0 Å². The molecule has 94 valence electrons. The third-order valence-electron chi connectivity index (χ3n) is 2.93. The highest BCUT2D eigenvalue weighted by Crippen LogP contribution is 2.20. The van der Waals surface area contributed by atoms with Gasteiger partial charge in [-0.3, -0.25) is 4.68 Å². The minimum atomic E-state index is 0.0604. The van der Waals surface area contributed by atoms with Gasteiger partial charge in [-0.05, 0) is 6.07 Å². The van der Waals surface area contributed by atoms with Crippen LogP contribution in [0.15, 0.2) is 36.9 Å². The number of pyridine rings is 1. The molecule has 6 heteroatoms. The summed E-state index contributed by atoms with van der Waals surface area (Å²) in [5, 5.41) is 26.1. The second-order valence-corrected chi connectivity index (χ2v) is 4.13. The number of fused-ring (bicyclic) bond motifs is 1. The first-order valence-electron chi connectivity index (χ1n) is 5.83. The highest BCUT2D eigenvalue weighted by Gasteiger charge is 2.06. The van der Waals surface area contributed by atoms with E-state index in [1.54, 1.807) is 21.6 Å². The van der Waals surface area contributed by atoms with E-state index in [1.165, 1.54) is 0 Å². The maximum Gasteiger partial charge on any atom is 0.103 e. The number of rotatable bonds is 3. The molecule has 0 fully saturated rings. The molecule has 0 aliphatic rings. The van der Waals surface area contributed by atoms with Crippen molar-refractivity contribution in [3.05, 3.63) is 42.5 Å². The third kappa shape index (κ3) is 1.96. The summed E-state index contributed by atoms with van der Waals surface area (Å²) < 4.78 is 3.36. The first-order chi connectivity index (χ1) is 9.31. The average Bonchev–Trinajstić information content (AvgIpc) is 3.04. The van der Waals surface area contributed by atoms with E-state index >= 15 is 0 Å². The van der Waals surface area contributed by atoms with Crippen LogP contribution in [0.4, 0.5) is 0 Å². The Morgan fingerprint density at radius 2 is 2.05 bits per heavy atom. The minimum Gasteiger partial charge on any atom is -0.394 e. The molecule has 3 rings (SSSR count). The van der Waals surface area contributed by atoms with Crippen LogP contribution in [-0.4, -0.2) is 31.1 Å². The van der Waals surface area contributed by atoms with Gasteiger partial charge in [0.2, 0.25) is 0 Å². The van der Waals surface area contributed by atoms with E-state index < -0.39 is 0 Å². The van der Waals surface area contributed by atoms with Crippen molar-refractivity contribution in [2.45, 2.75) is 6.54 Å². The molecule has 0 aliphatic carbocycles. The maximum absolute atomic E-state index is 8.93. The third-order valence-corrected chi connectivity index (χ3v) is 2.93. The summed E-state index contributed by atoms with van der Waals surface area (Å²) in [6.07, 6.45) is 7.02. The van der Waals surface area contributed by atoms with Crippen molar-refractivity contribution in [2.75, 3.05) is 6.61 Å². The Labute approximate surface area is 109 Å². The number of nitriles is 1. The Kier molecular flexibility index (Phi) is 2.74. The molecule has 0 bridgehead atoms. The van der Waals surface area contributed by atoms with Crippen LogP contribution >= 0.6 is 0 Å². The molecular weight excluding hydrogens is 242 g/mol. The standard InChI is InChI=1S/C13H11N5O/c14-5-11-6-16-18-9-10(1-2-13(11)18)12-7-15-17(8-12)3-4-19/h1-2,6-9,19H,3-4H2. The van der Waals surface area contributed by atoms with E-state index in [0.29, 0.717) is 12.1 Å². The van der Waals surface area contributed by atoms with Gasteiger partial charge >= 0.3 is 0 Å². The average molecular weight is 253 g/mol. The van der Waals surface area contributed by atoms with Crippen molar-refractivity contribution in [3.63, 3.8) is 0 Å². The first-order valence-corrected chi connectivity index (χ1v) is 5.83. The molecule has 1 N–H and O–H groups in total. The van der Waals surface area contributed by atoms with Gasteiger partial charge in [0.05, 0.1) is 36.6 Å². The molecule has 19 heavy (non-hydrogen) atoms. The van der Waals surface area contributed by atoms with Crippen LogP contribution in [0, 0.1) is 11.3 Å². The highest BCUT2D eigenvalue weighted by molar-refractivity contribution is 5.67. The summed E-state index contributed by atoms with van der Waals surface area (Å²) in [6.45, 7) is 0.535. The van der Waals surface area contributed by atoms with Crippen molar-refractivity contribution in [2.24, 2.45) is 0 Å². The molecular formula is C13H11N5O. The lowest BCUT2D eigenvalue weighted by Crippen LogP contribution is -2.01. The second kappa shape index (κ2) is 4.55. The monoisotopic (exact) mass is 253 g/mol. The van der Waals surface area contributed by atoms with E-state index in [0.717, 1.165) is 16.6 Å². The van der Waals surface area contributed by atoms with Crippen molar-refractivity contribution < 1.29 is 5.11 Å². The zero-order chi connectivity index (χ0) is 13.2. The normalized spacial score (nSPS) is 10.7. The van der Waals surface area contributed by atoms with Gasteiger partial charge in [0.15, 0.2) is 0 Å². The predicted molar refractivity (Wildman–Crippen MR) is 68.2 cm³/mol. The summed E-state index contributed by atoms with van der Waals surface area (Å²) in [5.74, 6) is 0. The zero-order valence-corrected chi connectivity index (χ0v) is 10.1. The van der Waals surface area contributed by atoms with Gasteiger partial charge in [-0.25, -0.2) is 4.52 Å². The zero-order valence-electron chi connectivity index (χ0n) is 10.1. The lowest BCUT2D eigenvalue weighted by Gasteiger charge is -1.99. The fraction of sp³-hybridized carbons (Fsp3) is 0.154. The lowest BCUT2D eigenvalue weighted by atomic mass is 10.1. The smallest absolute Gasteiger partial charge is 0.103 e. The Balaban J connectivity index is 2.03. The van der Waals surface area contributed by atoms with Crippen LogP contribution in [0.1, 0.15) is 5.56 Å². The van der Waals surface area contributed by atoms with E-state index in [1.807, 2.05) is 24.5 Å². The van der Waals surface area contributed by atoms with Crippen molar-refractivity contribution >= 4 is 5.52 Å². The van der Waals surface area contributed by atoms with Crippen LogP contribution in [0.5, 0.6) is 0 Å². The minimum absolute atomic E-state index is 0.0604. The molecule has 0 aromatic carbocycles. The number of hydrogen-bond donors (Lipinski definition) is 1. The fourth-order valence-electron chi connectivity index (χ4n) is 1.98. The predicted octanol–water partition coefficient (Wildman–Crippen LogP) is 1.06. The molecule has 3 aromatic rings. The Bertz CT molecular complexity index is 765. The quantitative estimate of drug-likeness (QED) is 0.757. The van der Waals surface area contributed by atoms with Gasteiger partial charge in [0.1, 0.15) is 6.07 Å². The van der Waals surface area contributed by atoms with Crippen LogP contribution in [0.3, 0.4) is 0 Å². The highest BCUT2D eigenvalue weighted by atomic mass is 16.3. The molecule has 0 saturated heterocycles. The van der Waals surface area contributed by atoms with Crippen LogP contribution < -0.4 is 0 Å². The molecule has 0 spiro atoms. The summed E-state index contributed by atoms with van der Waals surface area (Å²) in [7, 11) is 0. The summed E-state index contributed by atoms with van der Waals surface area (Å²) >= 11 is 0. The van der Waals surface area contributed by atoms with E-state index in [-0.39, 0.29) is 6.61 Å². The number of aromatic nitrogens is 4. The molecule has 0 atom stereocenters. The molecule has 0 radical (unpaired) electrons. The van der Waals surface area contributed by atoms with Gasteiger partial charge in [-0.2, -0.15) is 15.5 Å². The van der Waals surface area contributed by atoms with Crippen LogP contribution in [-0.2, 0) is 6.54 Å². The largest absolute Gasteiger partial charge is 0.394 e. The summed E-state index contributed by atoms with van der Waals surface area (Å²) in [6, 6.07) is 5.90.